The summed E-state index contributed by atoms with van der Waals surface area (Å²) in [7, 11) is 0. The number of carbonyl (C=O) groups excluding carboxylic acids is 1. The van der Waals surface area contributed by atoms with E-state index in [1.165, 1.54) is 5.56 Å². The second-order valence-electron chi connectivity index (χ2n) is 5.38. The standard InChI is InChI=1S/C18H21IN2O/c1-3-14(4-2)15-8-10-21(11-9-15)13-18(22)20-17-7-5-6-16(19)12-17/h5-12,14H,3-4,13H2,1-2H3/p+1. The van der Waals surface area contributed by atoms with Gasteiger partial charge in [0.15, 0.2) is 12.4 Å². The third-order valence-corrected chi connectivity index (χ3v) is 4.48. The first-order chi connectivity index (χ1) is 10.6. The fourth-order valence-electron chi connectivity index (χ4n) is 2.54. The van der Waals surface area contributed by atoms with Gasteiger partial charge in [0.05, 0.1) is 0 Å². The summed E-state index contributed by atoms with van der Waals surface area (Å²) in [5.41, 5.74) is 2.19. The summed E-state index contributed by atoms with van der Waals surface area (Å²) >= 11 is 2.24. The van der Waals surface area contributed by atoms with Crippen molar-refractivity contribution in [3.8, 4) is 0 Å². The summed E-state index contributed by atoms with van der Waals surface area (Å²) < 4.78 is 3.02. The van der Waals surface area contributed by atoms with Crippen molar-refractivity contribution in [3.05, 3.63) is 57.9 Å². The van der Waals surface area contributed by atoms with Crippen LogP contribution in [0.1, 0.15) is 38.2 Å². The number of hydrogen-bond donors (Lipinski definition) is 1. The Morgan fingerprint density at radius 1 is 1.18 bits per heavy atom. The molecule has 0 atom stereocenters. The fraction of sp³-hybridized carbons (Fsp3) is 0.333. The van der Waals surface area contributed by atoms with E-state index >= 15 is 0 Å². The number of anilines is 1. The number of amides is 1. The molecule has 2 aromatic rings. The van der Waals surface area contributed by atoms with Crippen LogP contribution in [0.4, 0.5) is 5.69 Å². The highest BCUT2D eigenvalue weighted by molar-refractivity contribution is 14.1. The van der Waals surface area contributed by atoms with E-state index in [1.807, 2.05) is 41.2 Å². The molecule has 2 rings (SSSR count). The van der Waals surface area contributed by atoms with Gasteiger partial charge in [-0.2, -0.15) is 4.57 Å². The Kier molecular flexibility index (Phi) is 6.36. The lowest BCUT2D eigenvalue weighted by atomic mass is 9.95. The Morgan fingerprint density at radius 3 is 2.45 bits per heavy atom. The molecule has 0 aliphatic rings. The predicted molar refractivity (Wildman–Crippen MR) is 97.7 cm³/mol. The van der Waals surface area contributed by atoms with Crippen LogP contribution in [0.3, 0.4) is 0 Å². The SMILES string of the molecule is CCC(CC)c1cc[n+](CC(=O)Nc2cccc(I)c2)cc1. The number of rotatable bonds is 6. The average molecular weight is 409 g/mol. The summed E-state index contributed by atoms with van der Waals surface area (Å²) in [6.07, 6.45) is 6.27. The molecule has 116 valence electrons. The Balaban J connectivity index is 1.97. The molecule has 1 heterocycles. The van der Waals surface area contributed by atoms with Crippen LogP contribution in [0.25, 0.3) is 0 Å². The van der Waals surface area contributed by atoms with Gasteiger partial charge in [-0.05, 0) is 65.1 Å². The van der Waals surface area contributed by atoms with Gasteiger partial charge in [0.25, 0.3) is 5.91 Å². The molecule has 1 N–H and O–H groups in total. The first-order valence-corrected chi connectivity index (χ1v) is 8.74. The molecular formula is C18H22IN2O+. The van der Waals surface area contributed by atoms with Gasteiger partial charge < -0.3 is 5.32 Å². The second-order valence-corrected chi connectivity index (χ2v) is 6.62. The highest BCUT2D eigenvalue weighted by atomic mass is 127. The zero-order chi connectivity index (χ0) is 15.9. The number of benzene rings is 1. The Bertz CT molecular complexity index is 621. The molecule has 0 aliphatic carbocycles. The molecular weight excluding hydrogens is 387 g/mol. The van der Waals surface area contributed by atoms with Gasteiger partial charge in [-0.15, -0.1) is 0 Å². The number of hydrogen-bond acceptors (Lipinski definition) is 1. The molecule has 3 nitrogen and oxygen atoms in total. The van der Waals surface area contributed by atoms with Crippen molar-refractivity contribution in [2.24, 2.45) is 0 Å². The van der Waals surface area contributed by atoms with Crippen molar-refractivity contribution in [2.75, 3.05) is 5.32 Å². The third-order valence-electron chi connectivity index (χ3n) is 3.81. The lowest BCUT2D eigenvalue weighted by Crippen LogP contribution is -2.39. The topological polar surface area (TPSA) is 33.0 Å². The van der Waals surface area contributed by atoms with Gasteiger partial charge in [0, 0.05) is 21.4 Å². The molecule has 0 spiro atoms. The van der Waals surface area contributed by atoms with Crippen LogP contribution in [-0.2, 0) is 11.3 Å². The Labute approximate surface area is 145 Å². The number of pyridine rings is 1. The minimum absolute atomic E-state index is 0.0118. The number of aromatic nitrogens is 1. The number of carbonyl (C=O) groups is 1. The van der Waals surface area contributed by atoms with Gasteiger partial charge in [-0.3, -0.25) is 4.79 Å². The summed E-state index contributed by atoms with van der Waals surface area (Å²) in [5, 5.41) is 2.93. The molecule has 0 saturated carbocycles. The zero-order valence-corrected chi connectivity index (χ0v) is 15.2. The highest BCUT2D eigenvalue weighted by Gasteiger charge is 2.12. The van der Waals surface area contributed by atoms with Gasteiger partial charge >= 0.3 is 0 Å². The summed E-state index contributed by atoms with van der Waals surface area (Å²) in [5.74, 6) is 0.595. The molecule has 22 heavy (non-hydrogen) atoms. The quantitative estimate of drug-likeness (QED) is 0.565. The number of nitrogens with one attached hydrogen (secondary N) is 1. The molecule has 0 saturated heterocycles. The van der Waals surface area contributed by atoms with Crippen molar-refractivity contribution < 1.29 is 9.36 Å². The maximum Gasteiger partial charge on any atom is 0.290 e. The minimum atomic E-state index is -0.0118. The summed E-state index contributed by atoms with van der Waals surface area (Å²) in [4.78, 5) is 12.1. The molecule has 0 bridgehead atoms. The number of halogens is 1. The van der Waals surface area contributed by atoms with E-state index in [-0.39, 0.29) is 5.91 Å². The van der Waals surface area contributed by atoms with E-state index in [2.05, 4.69) is 53.9 Å². The Hall–Kier alpha value is -1.43. The van der Waals surface area contributed by atoms with Gasteiger partial charge in [0.2, 0.25) is 6.54 Å². The molecule has 0 aliphatic heterocycles. The molecule has 4 heteroatoms. The molecule has 0 unspecified atom stereocenters. The molecule has 0 radical (unpaired) electrons. The van der Waals surface area contributed by atoms with Crippen molar-refractivity contribution in [1.29, 1.82) is 0 Å². The lowest BCUT2D eigenvalue weighted by Gasteiger charge is -2.11. The fourth-order valence-corrected chi connectivity index (χ4v) is 3.08. The van der Waals surface area contributed by atoms with E-state index in [1.54, 1.807) is 0 Å². The molecule has 1 aromatic heterocycles. The third kappa shape index (κ3) is 4.80. The maximum atomic E-state index is 12.1. The van der Waals surface area contributed by atoms with E-state index in [4.69, 9.17) is 0 Å². The second kappa shape index (κ2) is 8.27. The first-order valence-electron chi connectivity index (χ1n) is 7.66. The largest absolute Gasteiger partial charge is 0.321 e. The first kappa shape index (κ1) is 16.9. The predicted octanol–water partition coefficient (Wildman–Crippen LogP) is 4.12. The van der Waals surface area contributed by atoms with Crippen LogP contribution in [0.2, 0.25) is 0 Å². The maximum absolute atomic E-state index is 12.1. The van der Waals surface area contributed by atoms with Crippen molar-refractivity contribution >= 4 is 34.2 Å². The van der Waals surface area contributed by atoms with Crippen LogP contribution < -0.4 is 9.88 Å². The van der Waals surface area contributed by atoms with Crippen molar-refractivity contribution in [3.63, 3.8) is 0 Å². The molecule has 1 amide bonds. The van der Waals surface area contributed by atoms with Gasteiger partial charge in [-0.1, -0.05) is 19.9 Å². The van der Waals surface area contributed by atoms with Gasteiger partial charge in [0.1, 0.15) is 0 Å². The Morgan fingerprint density at radius 2 is 1.86 bits per heavy atom. The van der Waals surface area contributed by atoms with Crippen molar-refractivity contribution in [1.82, 2.24) is 0 Å². The summed E-state index contributed by atoms with van der Waals surface area (Å²) in [6, 6.07) is 12.0. The average Bonchev–Trinajstić information content (AvgIpc) is 2.50. The van der Waals surface area contributed by atoms with E-state index in [0.717, 1.165) is 22.1 Å². The van der Waals surface area contributed by atoms with Crippen LogP contribution >= 0.6 is 22.6 Å². The van der Waals surface area contributed by atoms with Crippen LogP contribution in [0.15, 0.2) is 48.8 Å². The van der Waals surface area contributed by atoms with E-state index < -0.39 is 0 Å². The van der Waals surface area contributed by atoms with Crippen molar-refractivity contribution in [2.45, 2.75) is 39.2 Å². The zero-order valence-electron chi connectivity index (χ0n) is 13.1. The lowest BCUT2D eigenvalue weighted by molar-refractivity contribution is -0.684. The number of nitrogens with zero attached hydrogens (tertiary/aromatic N) is 1. The summed E-state index contributed by atoms with van der Waals surface area (Å²) in [6.45, 7) is 4.75. The van der Waals surface area contributed by atoms with Gasteiger partial charge in [-0.25, -0.2) is 0 Å². The normalized spacial score (nSPS) is 10.7. The highest BCUT2D eigenvalue weighted by Crippen LogP contribution is 2.21. The monoisotopic (exact) mass is 409 g/mol. The molecule has 1 aromatic carbocycles. The van der Waals surface area contributed by atoms with Crippen LogP contribution in [0.5, 0.6) is 0 Å². The minimum Gasteiger partial charge on any atom is -0.321 e. The van der Waals surface area contributed by atoms with E-state index in [0.29, 0.717) is 12.5 Å². The van der Waals surface area contributed by atoms with E-state index in [9.17, 15) is 4.79 Å². The smallest absolute Gasteiger partial charge is 0.290 e. The van der Waals surface area contributed by atoms with Crippen LogP contribution in [0, 0.1) is 3.57 Å². The van der Waals surface area contributed by atoms with Crippen LogP contribution in [-0.4, -0.2) is 5.91 Å². The molecule has 0 fully saturated rings.